The van der Waals surface area contributed by atoms with E-state index in [1.54, 1.807) is 0 Å². The third-order valence-electron chi connectivity index (χ3n) is 3.74. The first kappa shape index (κ1) is 14.3. The van der Waals surface area contributed by atoms with Gasteiger partial charge in [-0.05, 0) is 32.2 Å². The quantitative estimate of drug-likeness (QED) is 0.822. The molecule has 0 spiro atoms. The molecule has 1 aliphatic rings. The Kier molecular flexibility index (Phi) is 5.19. The zero-order valence-corrected chi connectivity index (χ0v) is 12.4. The summed E-state index contributed by atoms with van der Waals surface area (Å²) in [7, 11) is 1.89. The molecule has 0 atom stereocenters. The molecule has 1 fully saturated rings. The van der Waals surface area contributed by atoms with Crippen LogP contribution in [0.5, 0.6) is 0 Å². The van der Waals surface area contributed by atoms with E-state index in [-0.39, 0.29) is 0 Å². The standard InChI is InChI=1S/C14H26N4O/c1-11(2)8-9-18(12-6-4-5-7-12)14-17-16-13(19-14)10-15-3/h11-12,15H,4-10H2,1-3H3. The second-order valence-corrected chi connectivity index (χ2v) is 5.82. The van der Waals surface area contributed by atoms with Gasteiger partial charge in [-0.2, -0.15) is 0 Å². The van der Waals surface area contributed by atoms with Crippen molar-refractivity contribution in [2.75, 3.05) is 18.5 Å². The number of anilines is 1. The number of hydrogen-bond donors (Lipinski definition) is 1. The molecule has 5 nitrogen and oxygen atoms in total. The van der Waals surface area contributed by atoms with Crippen molar-refractivity contribution in [3.63, 3.8) is 0 Å². The van der Waals surface area contributed by atoms with E-state index in [0.29, 0.717) is 30.4 Å². The lowest BCUT2D eigenvalue weighted by Gasteiger charge is -2.27. The van der Waals surface area contributed by atoms with Gasteiger partial charge in [-0.1, -0.05) is 31.8 Å². The molecule has 0 aromatic carbocycles. The van der Waals surface area contributed by atoms with Crippen LogP contribution in [-0.2, 0) is 6.54 Å². The SMILES string of the molecule is CNCc1nnc(N(CCC(C)C)C2CCCC2)o1. The minimum atomic E-state index is 0.585. The Balaban J connectivity index is 2.05. The molecule has 0 bridgehead atoms. The smallest absolute Gasteiger partial charge is 0.318 e. The third-order valence-corrected chi connectivity index (χ3v) is 3.74. The average Bonchev–Trinajstić information content (AvgIpc) is 3.01. The van der Waals surface area contributed by atoms with Gasteiger partial charge in [0.15, 0.2) is 0 Å². The van der Waals surface area contributed by atoms with E-state index in [1.165, 1.54) is 32.1 Å². The molecule has 0 saturated heterocycles. The molecule has 0 aliphatic heterocycles. The average molecular weight is 266 g/mol. The van der Waals surface area contributed by atoms with E-state index in [2.05, 4.69) is 34.3 Å². The normalized spacial score (nSPS) is 16.4. The van der Waals surface area contributed by atoms with Crippen LogP contribution < -0.4 is 10.2 Å². The maximum Gasteiger partial charge on any atom is 0.318 e. The first-order valence-electron chi connectivity index (χ1n) is 7.44. The van der Waals surface area contributed by atoms with Crippen molar-refractivity contribution in [1.82, 2.24) is 15.5 Å². The van der Waals surface area contributed by atoms with Crippen molar-refractivity contribution < 1.29 is 4.42 Å². The molecule has 0 radical (unpaired) electrons. The van der Waals surface area contributed by atoms with Gasteiger partial charge < -0.3 is 14.6 Å². The summed E-state index contributed by atoms with van der Waals surface area (Å²) in [5.41, 5.74) is 0. The van der Waals surface area contributed by atoms with Crippen LogP contribution in [0.1, 0.15) is 51.8 Å². The van der Waals surface area contributed by atoms with Gasteiger partial charge in [0.2, 0.25) is 5.89 Å². The lowest BCUT2D eigenvalue weighted by Crippen LogP contribution is -2.35. The summed E-state index contributed by atoms with van der Waals surface area (Å²) in [6, 6.07) is 1.29. The second kappa shape index (κ2) is 6.89. The van der Waals surface area contributed by atoms with Crippen molar-refractivity contribution in [3.05, 3.63) is 5.89 Å². The molecule has 1 aromatic heterocycles. The summed E-state index contributed by atoms with van der Waals surface area (Å²) in [5, 5.41) is 11.4. The molecule has 0 amide bonds. The number of nitrogens with zero attached hydrogens (tertiary/aromatic N) is 3. The number of rotatable bonds is 7. The van der Waals surface area contributed by atoms with Gasteiger partial charge in [-0.25, -0.2) is 0 Å². The van der Waals surface area contributed by atoms with Crippen LogP contribution in [0.3, 0.4) is 0 Å². The highest BCUT2D eigenvalue weighted by atomic mass is 16.4. The summed E-state index contributed by atoms with van der Waals surface area (Å²) in [5.74, 6) is 1.37. The Morgan fingerprint density at radius 2 is 2.05 bits per heavy atom. The first-order valence-corrected chi connectivity index (χ1v) is 7.44. The second-order valence-electron chi connectivity index (χ2n) is 5.82. The lowest BCUT2D eigenvalue weighted by atomic mass is 10.1. The first-order chi connectivity index (χ1) is 9.20. The predicted octanol–water partition coefficient (Wildman–Crippen LogP) is 2.58. The topological polar surface area (TPSA) is 54.2 Å². The molecular weight excluding hydrogens is 240 g/mol. The van der Waals surface area contributed by atoms with E-state index >= 15 is 0 Å². The molecule has 2 rings (SSSR count). The fourth-order valence-corrected chi connectivity index (χ4v) is 2.63. The monoisotopic (exact) mass is 266 g/mol. The highest BCUT2D eigenvalue weighted by Gasteiger charge is 2.26. The van der Waals surface area contributed by atoms with Gasteiger partial charge in [0, 0.05) is 12.6 Å². The predicted molar refractivity (Wildman–Crippen MR) is 76.1 cm³/mol. The Morgan fingerprint density at radius 3 is 2.68 bits per heavy atom. The highest BCUT2D eigenvalue weighted by Crippen LogP contribution is 2.28. The fourth-order valence-electron chi connectivity index (χ4n) is 2.63. The molecule has 19 heavy (non-hydrogen) atoms. The zero-order valence-electron chi connectivity index (χ0n) is 12.4. The van der Waals surface area contributed by atoms with Crippen LogP contribution in [0.2, 0.25) is 0 Å². The number of aromatic nitrogens is 2. The van der Waals surface area contributed by atoms with E-state index < -0.39 is 0 Å². The van der Waals surface area contributed by atoms with Crippen LogP contribution in [0.15, 0.2) is 4.42 Å². The largest absolute Gasteiger partial charge is 0.407 e. The van der Waals surface area contributed by atoms with Gasteiger partial charge >= 0.3 is 6.01 Å². The van der Waals surface area contributed by atoms with Crippen LogP contribution in [0.25, 0.3) is 0 Å². The minimum Gasteiger partial charge on any atom is -0.407 e. The highest BCUT2D eigenvalue weighted by molar-refractivity contribution is 5.27. The van der Waals surface area contributed by atoms with Crippen molar-refractivity contribution in [2.24, 2.45) is 5.92 Å². The minimum absolute atomic E-state index is 0.585. The van der Waals surface area contributed by atoms with Crippen molar-refractivity contribution in [2.45, 2.75) is 58.5 Å². The summed E-state index contributed by atoms with van der Waals surface area (Å²) in [6.45, 7) is 6.17. The Hall–Kier alpha value is -1.10. The maximum absolute atomic E-state index is 5.77. The molecular formula is C14H26N4O. The maximum atomic E-state index is 5.77. The van der Waals surface area contributed by atoms with Crippen LogP contribution in [0.4, 0.5) is 6.01 Å². The molecule has 1 aromatic rings. The van der Waals surface area contributed by atoms with Crippen molar-refractivity contribution >= 4 is 6.01 Å². The van der Waals surface area contributed by atoms with E-state index in [1.807, 2.05) is 7.05 Å². The molecule has 1 heterocycles. The lowest BCUT2D eigenvalue weighted by molar-refractivity contribution is 0.438. The van der Waals surface area contributed by atoms with Crippen LogP contribution in [-0.4, -0.2) is 29.8 Å². The number of nitrogens with one attached hydrogen (secondary N) is 1. The van der Waals surface area contributed by atoms with E-state index in [4.69, 9.17) is 4.42 Å². The zero-order chi connectivity index (χ0) is 13.7. The summed E-state index contributed by atoms with van der Waals surface area (Å²) in [6.07, 6.45) is 6.31. The molecule has 1 saturated carbocycles. The van der Waals surface area contributed by atoms with Gasteiger partial charge in [0.25, 0.3) is 0 Å². The van der Waals surface area contributed by atoms with Crippen molar-refractivity contribution in [3.8, 4) is 0 Å². The summed E-state index contributed by atoms with van der Waals surface area (Å²) < 4.78 is 5.77. The molecule has 1 aliphatic carbocycles. The van der Waals surface area contributed by atoms with Crippen molar-refractivity contribution in [1.29, 1.82) is 0 Å². The third kappa shape index (κ3) is 3.93. The Bertz CT molecular complexity index is 371. The van der Waals surface area contributed by atoms with Gasteiger partial charge in [0.1, 0.15) is 0 Å². The fraction of sp³-hybridized carbons (Fsp3) is 0.857. The molecule has 0 unspecified atom stereocenters. The van der Waals surface area contributed by atoms with Crippen LogP contribution >= 0.6 is 0 Å². The van der Waals surface area contributed by atoms with Gasteiger partial charge in [-0.15, -0.1) is 5.10 Å². The van der Waals surface area contributed by atoms with Crippen LogP contribution in [0, 0.1) is 5.92 Å². The van der Waals surface area contributed by atoms with E-state index in [9.17, 15) is 0 Å². The summed E-state index contributed by atoms with van der Waals surface area (Å²) >= 11 is 0. The Morgan fingerprint density at radius 1 is 1.32 bits per heavy atom. The Labute approximate surface area is 115 Å². The summed E-state index contributed by atoms with van der Waals surface area (Å²) in [4.78, 5) is 2.33. The molecule has 1 N–H and O–H groups in total. The van der Waals surface area contributed by atoms with E-state index in [0.717, 1.165) is 6.54 Å². The van der Waals surface area contributed by atoms with Gasteiger partial charge in [0.05, 0.1) is 6.54 Å². The number of hydrogen-bond acceptors (Lipinski definition) is 5. The molecule has 5 heteroatoms. The van der Waals surface area contributed by atoms with Gasteiger partial charge in [-0.3, -0.25) is 0 Å². The molecule has 108 valence electrons.